The first-order valence-electron chi connectivity index (χ1n) is 6.79. The normalized spacial score (nSPS) is 12.7. The molecule has 2 aromatic rings. The van der Waals surface area contributed by atoms with Crippen molar-refractivity contribution in [2.45, 2.75) is 32.7 Å². The Balaban J connectivity index is 2.35. The van der Waals surface area contributed by atoms with Crippen LogP contribution in [0.4, 0.5) is 0 Å². The van der Waals surface area contributed by atoms with Crippen LogP contribution < -0.4 is 5.32 Å². The highest BCUT2D eigenvalue weighted by Crippen LogP contribution is 2.38. The third kappa shape index (κ3) is 3.37. The smallest absolute Gasteiger partial charge is 0.0496 e. The van der Waals surface area contributed by atoms with Gasteiger partial charge in [0.15, 0.2) is 0 Å². The SMILES string of the molecule is CCCC(NC)c1ccc(-c2cc(Cl)c(C)cc2Cl)s1. The van der Waals surface area contributed by atoms with Gasteiger partial charge in [0.25, 0.3) is 0 Å². The number of benzene rings is 1. The van der Waals surface area contributed by atoms with Crippen molar-refractivity contribution in [3.8, 4) is 10.4 Å². The summed E-state index contributed by atoms with van der Waals surface area (Å²) in [5.74, 6) is 0. The second-order valence-corrected chi connectivity index (χ2v) is 6.84. The molecule has 0 aliphatic heterocycles. The molecule has 0 amide bonds. The Morgan fingerprint density at radius 2 is 1.95 bits per heavy atom. The van der Waals surface area contributed by atoms with Crippen molar-refractivity contribution in [2.75, 3.05) is 7.05 Å². The van der Waals surface area contributed by atoms with Gasteiger partial charge in [0.1, 0.15) is 0 Å². The van der Waals surface area contributed by atoms with E-state index in [2.05, 4.69) is 24.4 Å². The molecular formula is C16H19Cl2NS. The molecule has 20 heavy (non-hydrogen) atoms. The Morgan fingerprint density at radius 3 is 2.60 bits per heavy atom. The van der Waals surface area contributed by atoms with Crippen molar-refractivity contribution < 1.29 is 0 Å². The van der Waals surface area contributed by atoms with Gasteiger partial charge in [-0.15, -0.1) is 11.3 Å². The summed E-state index contributed by atoms with van der Waals surface area (Å²) in [6.07, 6.45) is 2.30. The number of aryl methyl sites for hydroxylation is 1. The zero-order valence-corrected chi connectivity index (χ0v) is 14.3. The van der Waals surface area contributed by atoms with E-state index in [1.54, 1.807) is 11.3 Å². The fourth-order valence-electron chi connectivity index (χ4n) is 2.24. The predicted octanol–water partition coefficient (Wildman–Crippen LogP) is 6.09. The van der Waals surface area contributed by atoms with Crippen LogP contribution in [0.5, 0.6) is 0 Å². The highest BCUT2D eigenvalue weighted by molar-refractivity contribution is 7.15. The highest BCUT2D eigenvalue weighted by atomic mass is 35.5. The topological polar surface area (TPSA) is 12.0 Å². The largest absolute Gasteiger partial charge is 0.312 e. The third-order valence-corrected chi connectivity index (χ3v) is 5.36. The summed E-state index contributed by atoms with van der Waals surface area (Å²) in [5, 5.41) is 4.89. The first kappa shape index (κ1) is 15.8. The molecule has 0 radical (unpaired) electrons. The van der Waals surface area contributed by atoms with E-state index >= 15 is 0 Å². The maximum absolute atomic E-state index is 6.35. The van der Waals surface area contributed by atoms with Crippen molar-refractivity contribution in [3.05, 3.63) is 44.8 Å². The van der Waals surface area contributed by atoms with Crippen LogP contribution in [-0.4, -0.2) is 7.05 Å². The predicted molar refractivity (Wildman–Crippen MR) is 91.2 cm³/mol. The molecule has 108 valence electrons. The maximum Gasteiger partial charge on any atom is 0.0496 e. The Bertz CT molecular complexity index is 592. The summed E-state index contributed by atoms with van der Waals surface area (Å²) in [6, 6.07) is 8.62. The van der Waals surface area contributed by atoms with Crippen LogP contribution in [0, 0.1) is 6.92 Å². The molecule has 1 atom stereocenters. The van der Waals surface area contributed by atoms with Gasteiger partial charge in [-0.1, -0.05) is 36.5 Å². The second kappa shape index (κ2) is 6.95. The lowest BCUT2D eigenvalue weighted by Gasteiger charge is -2.12. The minimum Gasteiger partial charge on any atom is -0.312 e. The average molecular weight is 328 g/mol. The number of hydrogen-bond donors (Lipinski definition) is 1. The molecule has 4 heteroatoms. The van der Waals surface area contributed by atoms with E-state index in [1.807, 2.05) is 26.1 Å². The van der Waals surface area contributed by atoms with E-state index in [-0.39, 0.29) is 0 Å². The molecule has 2 rings (SSSR count). The quantitative estimate of drug-likeness (QED) is 0.700. The minimum absolute atomic E-state index is 0.415. The van der Waals surface area contributed by atoms with E-state index in [0.29, 0.717) is 6.04 Å². The monoisotopic (exact) mass is 327 g/mol. The Hall–Kier alpha value is -0.540. The Kier molecular flexibility index (Phi) is 5.50. The summed E-state index contributed by atoms with van der Waals surface area (Å²) in [4.78, 5) is 2.51. The van der Waals surface area contributed by atoms with Crippen LogP contribution in [0.2, 0.25) is 10.0 Å². The van der Waals surface area contributed by atoms with Gasteiger partial charge >= 0.3 is 0 Å². The molecule has 0 aliphatic rings. The van der Waals surface area contributed by atoms with Crippen LogP contribution in [0.1, 0.15) is 36.2 Å². The minimum atomic E-state index is 0.415. The van der Waals surface area contributed by atoms with Crippen molar-refractivity contribution >= 4 is 34.5 Å². The summed E-state index contributed by atoms with van der Waals surface area (Å²) >= 11 is 14.3. The Morgan fingerprint density at radius 1 is 1.20 bits per heavy atom. The lowest BCUT2D eigenvalue weighted by Crippen LogP contribution is -2.14. The lowest BCUT2D eigenvalue weighted by molar-refractivity contribution is 0.550. The van der Waals surface area contributed by atoms with Crippen molar-refractivity contribution in [3.63, 3.8) is 0 Å². The van der Waals surface area contributed by atoms with Crippen LogP contribution in [0.3, 0.4) is 0 Å². The first-order valence-corrected chi connectivity index (χ1v) is 8.37. The van der Waals surface area contributed by atoms with E-state index < -0.39 is 0 Å². The van der Waals surface area contributed by atoms with Crippen LogP contribution >= 0.6 is 34.5 Å². The van der Waals surface area contributed by atoms with Gasteiger partial charge in [0.2, 0.25) is 0 Å². The van der Waals surface area contributed by atoms with Gasteiger partial charge in [0.05, 0.1) is 0 Å². The molecule has 1 aromatic carbocycles. The molecule has 0 saturated carbocycles. The zero-order valence-electron chi connectivity index (χ0n) is 12.0. The molecule has 0 saturated heterocycles. The molecule has 1 aromatic heterocycles. The average Bonchev–Trinajstić information content (AvgIpc) is 2.89. The number of halogens is 2. The van der Waals surface area contributed by atoms with Gasteiger partial charge < -0.3 is 5.32 Å². The molecule has 0 bridgehead atoms. The third-order valence-electron chi connectivity index (χ3n) is 3.41. The zero-order chi connectivity index (χ0) is 14.7. The van der Waals surface area contributed by atoms with Gasteiger partial charge in [-0.3, -0.25) is 0 Å². The van der Waals surface area contributed by atoms with Crippen LogP contribution in [0.15, 0.2) is 24.3 Å². The molecule has 0 aliphatic carbocycles. The van der Waals surface area contributed by atoms with Crippen molar-refractivity contribution in [2.24, 2.45) is 0 Å². The molecule has 1 unspecified atom stereocenters. The fraction of sp³-hybridized carbons (Fsp3) is 0.375. The molecule has 1 N–H and O–H groups in total. The van der Waals surface area contributed by atoms with Crippen molar-refractivity contribution in [1.29, 1.82) is 0 Å². The van der Waals surface area contributed by atoms with E-state index in [1.165, 1.54) is 9.75 Å². The maximum atomic E-state index is 6.35. The number of thiophene rings is 1. The number of rotatable bonds is 5. The van der Waals surface area contributed by atoms with E-state index in [9.17, 15) is 0 Å². The van der Waals surface area contributed by atoms with Crippen LogP contribution in [-0.2, 0) is 0 Å². The van der Waals surface area contributed by atoms with Gasteiger partial charge in [0, 0.05) is 31.4 Å². The number of hydrogen-bond acceptors (Lipinski definition) is 2. The fourth-order valence-corrected chi connectivity index (χ4v) is 3.96. The molecule has 1 nitrogen and oxygen atoms in total. The summed E-state index contributed by atoms with van der Waals surface area (Å²) in [7, 11) is 2.01. The van der Waals surface area contributed by atoms with E-state index in [0.717, 1.165) is 34.0 Å². The second-order valence-electron chi connectivity index (χ2n) is 4.91. The molecule has 0 fully saturated rings. The summed E-state index contributed by atoms with van der Waals surface area (Å²) < 4.78 is 0. The van der Waals surface area contributed by atoms with Gasteiger partial charge in [-0.2, -0.15) is 0 Å². The lowest BCUT2D eigenvalue weighted by atomic mass is 10.1. The molecule has 0 spiro atoms. The molecule has 1 heterocycles. The summed E-state index contributed by atoms with van der Waals surface area (Å²) in [6.45, 7) is 4.17. The van der Waals surface area contributed by atoms with Crippen LogP contribution in [0.25, 0.3) is 10.4 Å². The highest BCUT2D eigenvalue weighted by Gasteiger charge is 2.14. The Labute approximate surface area is 134 Å². The molecular weight excluding hydrogens is 309 g/mol. The summed E-state index contributed by atoms with van der Waals surface area (Å²) in [5.41, 5.74) is 2.03. The van der Waals surface area contributed by atoms with E-state index in [4.69, 9.17) is 23.2 Å². The van der Waals surface area contributed by atoms with Gasteiger partial charge in [-0.25, -0.2) is 0 Å². The van der Waals surface area contributed by atoms with Crippen molar-refractivity contribution in [1.82, 2.24) is 5.32 Å². The first-order chi connectivity index (χ1) is 9.56. The standard InChI is InChI=1S/C16H19Cl2NS/c1-4-5-14(19-3)16-7-6-15(20-16)11-9-12(17)10(2)8-13(11)18/h6-9,14,19H,4-5H2,1-3H3. The number of nitrogens with one attached hydrogen (secondary N) is 1. The van der Waals surface area contributed by atoms with Gasteiger partial charge in [-0.05, 0) is 50.2 Å².